The van der Waals surface area contributed by atoms with E-state index in [0.717, 1.165) is 16.7 Å². The highest BCUT2D eigenvalue weighted by Crippen LogP contribution is 2.42. The second-order valence-electron chi connectivity index (χ2n) is 7.28. The van der Waals surface area contributed by atoms with Crippen molar-refractivity contribution in [2.24, 2.45) is 0 Å². The van der Waals surface area contributed by atoms with Gasteiger partial charge in [-0.1, -0.05) is 12.1 Å². The molecule has 0 fully saturated rings. The van der Waals surface area contributed by atoms with Gasteiger partial charge in [0, 0.05) is 11.6 Å². The third kappa shape index (κ3) is 2.66. The third-order valence-electron chi connectivity index (χ3n) is 5.52. The van der Waals surface area contributed by atoms with Crippen LogP contribution in [0.5, 0.6) is 5.75 Å². The Bertz CT molecular complexity index is 1360. The molecule has 0 radical (unpaired) electrons. The number of hydrogen-bond donors (Lipinski definition) is 0. The van der Waals surface area contributed by atoms with Crippen LogP contribution < -0.4 is 15.1 Å². The quantitative estimate of drug-likeness (QED) is 0.485. The van der Waals surface area contributed by atoms with E-state index in [1.165, 1.54) is 16.2 Å². The molecule has 30 heavy (non-hydrogen) atoms. The lowest BCUT2D eigenvalue weighted by Crippen LogP contribution is -2.29. The van der Waals surface area contributed by atoms with Crippen LogP contribution >= 0.6 is 11.3 Å². The number of aryl methyl sites for hydroxylation is 2. The van der Waals surface area contributed by atoms with Gasteiger partial charge in [-0.25, -0.2) is 4.98 Å². The van der Waals surface area contributed by atoms with Gasteiger partial charge in [0.15, 0.2) is 10.6 Å². The predicted octanol–water partition coefficient (Wildman–Crippen LogP) is 4.62. The van der Waals surface area contributed by atoms with E-state index >= 15 is 0 Å². The minimum Gasteiger partial charge on any atom is -0.497 e. The highest BCUT2D eigenvalue weighted by Gasteiger charge is 2.44. The molecule has 0 unspecified atom stereocenters. The summed E-state index contributed by atoms with van der Waals surface area (Å²) in [4.78, 5) is 32.9. The van der Waals surface area contributed by atoms with Crippen molar-refractivity contribution in [3.8, 4) is 5.75 Å². The Morgan fingerprint density at radius 2 is 1.93 bits per heavy atom. The van der Waals surface area contributed by atoms with Crippen molar-refractivity contribution in [2.75, 3.05) is 12.0 Å². The SMILES string of the molecule is COc1cccc([C@@H]2c3c(oc4cc(C)c(C)cc4c3=O)C(=O)N2c2nccs2)c1. The maximum absolute atomic E-state index is 13.6. The van der Waals surface area contributed by atoms with Gasteiger partial charge < -0.3 is 9.15 Å². The molecule has 0 N–H and O–H groups in total. The summed E-state index contributed by atoms with van der Waals surface area (Å²) < 4.78 is 11.4. The lowest BCUT2D eigenvalue weighted by atomic mass is 9.97. The number of amides is 1. The maximum Gasteiger partial charge on any atom is 0.297 e. The maximum atomic E-state index is 13.6. The molecular weight excluding hydrogens is 400 g/mol. The number of aromatic nitrogens is 1. The number of benzene rings is 2. The topological polar surface area (TPSA) is 72.6 Å². The number of rotatable bonds is 3. The van der Waals surface area contributed by atoms with Crippen molar-refractivity contribution in [3.63, 3.8) is 0 Å². The molecule has 1 amide bonds. The fourth-order valence-corrected chi connectivity index (χ4v) is 4.55. The summed E-state index contributed by atoms with van der Waals surface area (Å²) in [5.41, 5.74) is 3.30. The van der Waals surface area contributed by atoms with Gasteiger partial charge in [0.2, 0.25) is 5.76 Å². The third-order valence-corrected chi connectivity index (χ3v) is 6.29. The van der Waals surface area contributed by atoms with Gasteiger partial charge in [-0.2, -0.15) is 0 Å². The van der Waals surface area contributed by atoms with Crippen LogP contribution in [0.2, 0.25) is 0 Å². The van der Waals surface area contributed by atoms with Crippen LogP contribution in [0.15, 0.2) is 57.2 Å². The Kier molecular flexibility index (Phi) is 4.22. The monoisotopic (exact) mass is 418 g/mol. The summed E-state index contributed by atoms with van der Waals surface area (Å²) in [6, 6.07) is 10.4. The number of ether oxygens (including phenoxy) is 1. The number of thiazole rings is 1. The van der Waals surface area contributed by atoms with E-state index < -0.39 is 6.04 Å². The molecule has 1 aliphatic rings. The van der Waals surface area contributed by atoms with E-state index in [1.54, 1.807) is 18.7 Å². The lowest BCUT2D eigenvalue weighted by Gasteiger charge is -2.22. The number of nitrogens with zero attached hydrogens (tertiary/aromatic N) is 2. The molecule has 2 aromatic heterocycles. The van der Waals surface area contributed by atoms with Crippen molar-refractivity contribution >= 4 is 33.3 Å². The first-order chi connectivity index (χ1) is 14.5. The van der Waals surface area contributed by atoms with Crippen LogP contribution in [0.4, 0.5) is 5.13 Å². The molecule has 0 aliphatic carbocycles. The number of carbonyl (C=O) groups is 1. The molecule has 0 saturated carbocycles. The molecule has 4 aromatic rings. The Labute approximate surface area is 176 Å². The van der Waals surface area contributed by atoms with Gasteiger partial charge in [0.1, 0.15) is 11.3 Å². The van der Waals surface area contributed by atoms with Crippen LogP contribution in [-0.4, -0.2) is 18.0 Å². The molecule has 0 spiro atoms. The highest BCUT2D eigenvalue weighted by atomic mass is 32.1. The van der Waals surface area contributed by atoms with E-state index in [9.17, 15) is 9.59 Å². The van der Waals surface area contributed by atoms with Crippen molar-refractivity contribution < 1.29 is 13.9 Å². The Morgan fingerprint density at radius 3 is 2.67 bits per heavy atom. The van der Waals surface area contributed by atoms with Gasteiger partial charge in [0.25, 0.3) is 5.91 Å². The molecule has 1 aliphatic heterocycles. The van der Waals surface area contributed by atoms with Crippen molar-refractivity contribution in [1.82, 2.24) is 4.98 Å². The first-order valence-electron chi connectivity index (χ1n) is 9.44. The zero-order valence-corrected chi connectivity index (χ0v) is 17.4. The first kappa shape index (κ1) is 18.6. The van der Waals surface area contributed by atoms with E-state index in [4.69, 9.17) is 9.15 Å². The highest BCUT2D eigenvalue weighted by molar-refractivity contribution is 7.13. The van der Waals surface area contributed by atoms with Crippen molar-refractivity contribution in [3.05, 3.63) is 86.2 Å². The summed E-state index contributed by atoms with van der Waals surface area (Å²) in [7, 11) is 1.58. The molecule has 150 valence electrons. The molecule has 6 nitrogen and oxygen atoms in total. The van der Waals surface area contributed by atoms with Gasteiger partial charge in [-0.05, 0) is 54.8 Å². The Hall–Kier alpha value is -3.45. The molecule has 1 atom stereocenters. The number of anilines is 1. The van der Waals surface area contributed by atoms with Crippen LogP contribution in [0.1, 0.15) is 38.9 Å². The molecule has 2 aromatic carbocycles. The van der Waals surface area contributed by atoms with Gasteiger partial charge in [0.05, 0.1) is 24.1 Å². The van der Waals surface area contributed by atoms with Crippen LogP contribution in [0.3, 0.4) is 0 Å². The van der Waals surface area contributed by atoms with Gasteiger partial charge in [-0.15, -0.1) is 11.3 Å². The summed E-state index contributed by atoms with van der Waals surface area (Å²) in [5.74, 6) is 0.341. The molecule has 3 heterocycles. The summed E-state index contributed by atoms with van der Waals surface area (Å²) in [6.07, 6.45) is 1.64. The van der Waals surface area contributed by atoms with Crippen molar-refractivity contribution in [2.45, 2.75) is 19.9 Å². The minimum atomic E-state index is -0.643. The van der Waals surface area contributed by atoms with Crippen LogP contribution in [0, 0.1) is 13.8 Å². The minimum absolute atomic E-state index is 0.0683. The summed E-state index contributed by atoms with van der Waals surface area (Å²) in [5, 5.41) is 2.78. The van der Waals surface area contributed by atoms with E-state index in [2.05, 4.69) is 4.98 Å². The summed E-state index contributed by atoms with van der Waals surface area (Å²) in [6.45, 7) is 3.90. The smallest absolute Gasteiger partial charge is 0.297 e. The zero-order valence-electron chi connectivity index (χ0n) is 16.6. The van der Waals surface area contributed by atoms with E-state index in [1.807, 2.05) is 50.2 Å². The summed E-state index contributed by atoms with van der Waals surface area (Å²) >= 11 is 1.34. The second kappa shape index (κ2) is 6.81. The average Bonchev–Trinajstić information content (AvgIpc) is 3.36. The fraction of sp³-hybridized carbons (Fsp3) is 0.174. The number of methoxy groups -OCH3 is 1. The fourth-order valence-electron chi connectivity index (χ4n) is 3.89. The number of carbonyl (C=O) groups excluding carboxylic acids is 1. The molecule has 0 bridgehead atoms. The van der Waals surface area contributed by atoms with E-state index in [0.29, 0.717) is 27.4 Å². The second-order valence-corrected chi connectivity index (χ2v) is 8.15. The van der Waals surface area contributed by atoms with Crippen LogP contribution in [-0.2, 0) is 0 Å². The molecule has 0 saturated heterocycles. The zero-order chi connectivity index (χ0) is 21.0. The van der Waals surface area contributed by atoms with Gasteiger partial charge in [-0.3, -0.25) is 14.5 Å². The predicted molar refractivity (Wildman–Crippen MR) is 116 cm³/mol. The average molecular weight is 418 g/mol. The van der Waals surface area contributed by atoms with E-state index in [-0.39, 0.29) is 17.1 Å². The molecule has 7 heteroatoms. The number of hydrogen-bond acceptors (Lipinski definition) is 6. The van der Waals surface area contributed by atoms with Gasteiger partial charge >= 0.3 is 0 Å². The first-order valence-corrected chi connectivity index (χ1v) is 10.3. The van der Waals surface area contributed by atoms with Crippen LogP contribution in [0.25, 0.3) is 11.0 Å². The molecule has 5 rings (SSSR count). The lowest BCUT2D eigenvalue weighted by molar-refractivity contribution is 0.0971. The largest absolute Gasteiger partial charge is 0.497 e. The standard InChI is InChI=1S/C23H18N2O4S/c1-12-9-16-17(10-13(12)2)29-21-18(20(16)26)19(14-5-4-6-15(11-14)28-3)25(22(21)27)23-24-7-8-30-23/h4-11,19H,1-3H3/t19-/m1/s1. The Balaban J connectivity index is 1.84. The normalized spacial score (nSPS) is 15.6. The van der Waals surface area contributed by atoms with Crippen molar-refractivity contribution in [1.29, 1.82) is 0 Å². The number of fused-ring (bicyclic) bond motifs is 2. The molecular formula is C23H18N2O4S. The Morgan fingerprint density at radius 1 is 1.13 bits per heavy atom.